The number of hydrogen-bond donors (Lipinski definition) is 2. The van der Waals surface area contributed by atoms with Crippen molar-refractivity contribution in [3.8, 4) is 0 Å². The highest BCUT2D eigenvalue weighted by Crippen LogP contribution is 2.15. The molecule has 6 heteroatoms. The van der Waals surface area contributed by atoms with Gasteiger partial charge in [0.15, 0.2) is 0 Å². The summed E-state index contributed by atoms with van der Waals surface area (Å²) >= 11 is 1.63. The number of nitrogens with one attached hydrogen (secondary N) is 1. The van der Waals surface area contributed by atoms with Crippen LogP contribution in [0.5, 0.6) is 0 Å². The molecule has 2 aromatic heterocycles. The molecule has 0 atom stereocenters. The molecule has 2 heterocycles. The average molecular weight is 306 g/mol. The molecule has 112 valence electrons. The van der Waals surface area contributed by atoms with Gasteiger partial charge in [0.05, 0.1) is 12.0 Å². The number of amides is 1. The molecule has 0 saturated carbocycles. The summed E-state index contributed by atoms with van der Waals surface area (Å²) in [7, 11) is 0. The Balaban J connectivity index is 2.03. The first-order chi connectivity index (χ1) is 9.90. The number of carboxylic acids is 1. The second-order valence-corrected chi connectivity index (χ2v) is 6.50. The molecule has 2 aromatic rings. The van der Waals surface area contributed by atoms with Crippen molar-refractivity contribution >= 4 is 23.2 Å². The van der Waals surface area contributed by atoms with Gasteiger partial charge in [-0.3, -0.25) is 9.59 Å². The molecule has 21 heavy (non-hydrogen) atoms. The molecule has 0 unspecified atom stereocenters. The number of aromatic nitrogens is 1. The highest BCUT2D eigenvalue weighted by Gasteiger charge is 2.28. The van der Waals surface area contributed by atoms with E-state index in [-0.39, 0.29) is 12.5 Å². The number of hydrogen-bond acceptors (Lipinski definition) is 3. The highest BCUT2D eigenvalue weighted by molar-refractivity contribution is 7.09. The van der Waals surface area contributed by atoms with Crippen LogP contribution >= 0.6 is 11.3 Å². The van der Waals surface area contributed by atoms with Crippen LogP contribution in [0.3, 0.4) is 0 Å². The Bertz CT molecular complexity index is 629. The highest BCUT2D eigenvalue weighted by atomic mass is 32.1. The lowest BCUT2D eigenvalue weighted by atomic mass is 9.94. The van der Waals surface area contributed by atoms with Crippen LogP contribution in [0, 0.1) is 5.41 Å². The molecule has 2 rings (SSSR count). The maximum Gasteiger partial charge on any atom is 0.310 e. The van der Waals surface area contributed by atoms with Gasteiger partial charge in [-0.05, 0) is 37.4 Å². The molecule has 0 spiro atoms. The van der Waals surface area contributed by atoms with Crippen LogP contribution < -0.4 is 5.32 Å². The van der Waals surface area contributed by atoms with E-state index in [9.17, 15) is 9.59 Å². The van der Waals surface area contributed by atoms with E-state index in [0.29, 0.717) is 12.2 Å². The van der Waals surface area contributed by atoms with E-state index < -0.39 is 11.4 Å². The van der Waals surface area contributed by atoms with Gasteiger partial charge in [-0.1, -0.05) is 6.07 Å². The van der Waals surface area contributed by atoms with Gasteiger partial charge < -0.3 is 15.0 Å². The Hall–Kier alpha value is -2.08. The first kappa shape index (κ1) is 15.3. The van der Waals surface area contributed by atoms with Crippen molar-refractivity contribution in [3.05, 3.63) is 46.4 Å². The van der Waals surface area contributed by atoms with Crippen LogP contribution in [-0.2, 0) is 11.3 Å². The fourth-order valence-electron chi connectivity index (χ4n) is 1.80. The van der Waals surface area contributed by atoms with Crippen LogP contribution in [0.15, 0.2) is 35.8 Å². The summed E-state index contributed by atoms with van der Waals surface area (Å²) < 4.78 is 1.86. The van der Waals surface area contributed by atoms with E-state index in [1.807, 2.05) is 34.3 Å². The summed E-state index contributed by atoms with van der Waals surface area (Å²) in [5, 5.41) is 13.7. The summed E-state index contributed by atoms with van der Waals surface area (Å²) in [6, 6.07) is 7.53. The van der Waals surface area contributed by atoms with Gasteiger partial charge in [0.2, 0.25) is 0 Å². The summed E-state index contributed by atoms with van der Waals surface area (Å²) in [5.74, 6) is -1.19. The van der Waals surface area contributed by atoms with Gasteiger partial charge >= 0.3 is 5.97 Å². The molecule has 0 saturated heterocycles. The molecule has 1 amide bonds. The number of carbonyl (C=O) groups is 2. The number of rotatable bonds is 6. The fraction of sp³-hybridized carbons (Fsp3) is 0.333. The van der Waals surface area contributed by atoms with Crippen molar-refractivity contribution < 1.29 is 14.7 Å². The predicted molar refractivity (Wildman–Crippen MR) is 81.6 cm³/mol. The van der Waals surface area contributed by atoms with Crippen molar-refractivity contribution in [2.45, 2.75) is 20.4 Å². The first-order valence-electron chi connectivity index (χ1n) is 6.59. The van der Waals surface area contributed by atoms with Gasteiger partial charge in [0, 0.05) is 17.6 Å². The van der Waals surface area contributed by atoms with Crippen molar-refractivity contribution in [1.29, 1.82) is 0 Å². The minimum Gasteiger partial charge on any atom is -0.481 e. The average Bonchev–Trinajstić information content (AvgIpc) is 3.08. The van der Waals surface area contributed by atoms with Crippen LogP contribution in [0.25, 0.3) is 0 Å². The molecule has 0 aliphatic rings. The number of aliphatic carboxylic acids is 1. The molecule has 0 aliphatic heterocycles. The standard InChI is InChI=1S/C15H18N2O3S/c1-15(2,14(19)20)10-16-13(18)12-6-3-7-17(12)9-11-5-4-8-21-11/h3-8H,9-10H2,1-2H3,(H,16,18)(H,19,20). The van der Waals surface area contributed by atoms with E-state index in [2.05, 4.69) is 5.32 Å². The van der Waals surface area contributed by atoms with Gasteiger partial charge in [-0.25, -0.2) is 0 Å². The number of nitrogens with zero attached hydrogens (tertiary/aromatic N) is 1. The smallest absolute Gasteiger partial charge is 0.310 e. The fourth-order valence-corrected chi connectivity index (χ4v) is 2.50. The lowest BCUT2D eigenvalue weighted by Crippen LogP contribution is -2.39. The second kappa shape index (κ2) is 6.13. The zero-order valence-electron chi connectivity index (χ0n) is 12.0. The maximum atomic E-state index is 12.2. The summed E-state index contributed by atoms with van der Waals surface area (Å²) in [4.78, 5) is 24.4. The predicted octanol–water partition coefficient (Wildman–Crippen LogP) is 2.44. The SMILES string of the molecule is CC(C)(CNC(=O)c1cccn1Cc1cccs1)C(=O)O. The summed E-state index contributed by atoms with van der Waals surface area (Å²) in [6.07, 6.45) is 1.84. The Kier molecular flexibility index (Phi) is 4.47. The van der Waals surface area contributed by atoms with E-state index in [4.69, 9.17) is 5.11 Å². The van der Waals surface area contributed by atoms with E-state index in [0.717, 1.165) is 4.88 Å². The van der Waals surface area contributed by atoms with E-state index in [1.165, 1.54) is 0 Å². The van der Waals surface area contributed by atoms with Crippen molar-refractivity contribution in [2.24, 2.45) is 5.41 Å². The molecule has 0 radical (unpaired) electrons. The molecule has 0 aromatic carbocycles. The Morgan fingerprint density at radius 1 is 1.33 bits per heavy atom. The van der Waals surface area contributed by atoms with Gasteiger partial charge in [0.25, 0.3) is 5.91 Å². The van der Waals surface area contributed by atoms with Crippen LogP contribution in [0.4, 0.5) is 0 Å². The zero-order chi connectivity index (χ0) is 15.5. The normalized spacial score (nSPS) is 11.3. The summed E-state index contributed by atoms with van der Waals surface area (Å²) in [6.45, 7) is 3.89. The minimum absolute atomic E-state index is 0.0886. The lowest BCUT2D eigenvalue weighted by molar-refractivity contribution is -0.146. The maximum absolute atomic E-state index is 12.2. The second-order valence-electron chi connectivity index (χ2n) is 5.47. The Morgan fingerprint density at radius 3 is 2.71 bits per heavy atom. The molecule has 2 N–H and O–H groups in total. The largest absolute Gasteiger partial charge is 0.481 e. The topological polar surface area (TPSA) is 71.3 Å². The third-order valence-electron chi connectivity index (χ3n) is 3.24. The Labute approximate surface area is 127 Å². The van der Waals surface area contributed by atoms with Crippen LogP contribution in [-0.4, -0.2) is 28.1 Å². The molecule has 5 nitrogen and oxygen atoms in total. The number of thiophene rings is 1. The molecule has 0 fully saturated rings. The third kappa shape index (κ3) is 3.72. The quantitative estimate of drug-likeness (QED) is 0.861. The molecular formula is C15H18N2O3S. The van der Waals surface area contributed by atoms with E-state index >= 15 is 0 Å². The third-order valence-corrected chi connectivity index (χ3v) is 4.10. The molecular weight excluding hydrogens is 288 g/mol. The van der Waals surface area contributed by atoms with E-state index in [1.54, 1.807) is 31.3 Å². The Morgan fingerprint density at radius 2 is 2.10 bits per heavy atom. The lowest BCUT2D eigenvalue weighted by Gasteiger charge is -2.19. The van der Waals surface area contributed by atoms with Gasteiger partial charge in [-0.2, -0.15) is 0 Å². The first-order valence-corrected chi connectivity index (χ1v) is 7.47. The van der Waals surface area contributed by atoms with Crippen molar-refractivity contribution in [3.63, 3.8) is 0 Å². The van der Waals surface area contributed by atoms with Gasteiger partial charge in [0.1, 0.15) is 5.69 Å². The minimum atomic E-state index is -0.985. The van der Waals surface area contributed by atoms with Crippen LogP contribution in [0.2, 0.25) is 0 Å². The van der Waals surface area contributed by atoms with Crippen molar-refractivity contribution in [1.82, 2.24) is 9.88 Å². The number of carboxylic acid groups (broad SMARTS) is 1. The van der Waals surface area contributed by atoms with Gasteiger partial charge in [-0.15, -0.1) is 11.3 Å². The van der Waals surface area contributed by atoms with Crippen molar-refractivity contribution in [2.75, 3.05) is 6.54 Å². The molecule has 0 bridgehead atoms. The zero-order valence-corrected chi connectivity index (χ0v) is 12.8. The number of carbonyl (C=O) groups excluding carboxylic acids is 1. The summed E-state index contributed by atoms with van der Waals surface area (Å²) in [5.41, 5.74) is -0.453. The molecule has 0 aliphatic carbocycles. The monoisotopic (exact) mass is 306 g/mol. The van der Waals surface area contributed by atoms with Crippen LogP contribution in [0.1, 0.15) is 29.2 Å².